The average molecular weight is 332 g/mol. The lowest BCUT2D eigenvalue weighted by atomic mass is 10.1. The maximum absolute atomic E-state index is 12.7. The highest BCUT2D eigenvalue weighted by Crippen LogP contribution is 2.22. The predicted molar refractivity (Wildman–Crippen MR) is 57.5 cm³/mol. The minimum absolute atomic E-state index is 0.163. The first-order chi connectivity index (χ1) is 9.55. The molecule has 0 aliphatic carbocycles. The highest BCUT2D eigenvalue weighted by Gasteiger charge is 2.54. The Morgan fingerprint density at radius 1 is 1.38 bits per heavy atom. The van der Waals surface area contributed by atoms with Crippen LogP contribution in [0.2, 0.25) is 0 Å². The minimum Gasteiger partial charge on any atom is -0.465 e. The lowest BCUT2D eigenvalue weighted by molar-refractivity contribution is -0.170. The SMILES string of the molecule is O=C(COC(=O)C(F)(F)S(=O)(=O)O)OCC1CCOC1=O. The molecule has 0 aromatic rings. The Morgan fingerprint density at radius 3 is 2.48 bits per heavy atom. The summed E-state index contributed by atoms with van der Waals surface area (Å²) < 4.78 is 66.8. The summed E-state index contributed by atoms with van der Waals surface area (Å²) >= 11 is 0. The minimum atomic E-state index is -6.00. The average Bonchev–Trinajstić information content (AvgIpc) is 2.77. The molecule has 120 valence electrons. The maximum Gasteiger partial charge on any atom is 0.465 e. The van der Waals surface area contributed by atoms with Crippen molar-refractivity contribution < 1.29 is 50.3 Å². The molecule has 21 heavy (non-hydrogen) atoms. The van der Waals surface area contributed by atoms with Gasteiger partial charge in [-0.25, -0.2) is 9.59 Å². The van der Waals surface area contributed by atoms with Gasteiger partial charge in [-0.15, -0.1) is 0 Å². The molecule has 9 nitrogen and oxygen atoms in total. The van der Waals surface area contributed by atoms with Crippen molar-refractivity contribution in [2.45, 2.75) is 11.7 Å². The molecule has 0 saturated carbocycles. The van der Waals surface area contributed by atoms with E-state index in [2.05, 4.69) is 14.2 Å². The fourth-order valence-electron chi connectivity index (χ4n) is 1.24. The van der Waals surface area contributed by atoms with E-state index in [-0.39, 0.29) is 13.2 Å². The fraction of sp³-hybridized carbons (Fsp3) is 0.667. The number of esters is 3. The number of halogens is 2. The van der Waals surface area contributed by atoms with Gasteiger partial charge in [-0.2, -0.15) is 17.2 Å². The Labute approximate surface area is 116 Å². The lowest BCUT2D eigenvalue weighted by Gasteiger charge is -2.12. The fourth-order valence-corrected chi connectivity index (χ4v) is 1.51. The van der Waals surface area contributed by atoms with Gasteiger partial charge in [-0.05, 0) is 6.42 Å². The molecule has 1 aliphatic rings. The Hall–Kier alpha value is -1.82. The normalized spacial score (nSPS) is 19.0. The molecule has 1 unspecified atom stereocenters. The molecular formula is C9H10F2O9S. The Kier molecular flexibility index (Phi) is 5.17. The molecular weight excluding hydrogens is 322 g/mol. The van der Waals surface area contributed by atoms with E-state index < -0.39 is 45.8 Å². The lowest BCUT2D eigenvalue weighted by Crippen LogP contribution is -2.39. The van der Waals surface area contributed by atoms with Crippen LogP contribution in [-0.2, 0) is 38.7 Å². The second-order valence-electron chi connectivity index (χ2n) is 3.90. The Bertz CT molecular complexity index is 541. The van der Waals surface area contributed by atoms with Gasteiger partial charge < -0.3 is 14.2 Å². The van der Waals surface area contributed by atoms with Crippen LogP contribution in [0.15, 0.2) is 0 Å². The van der Waals surface area contributed by atoms with Gasteiger partial charge in [0.15, 0.2) is 6.61 Å². The van der Waals surface area contributed by atoms with Crippen molar-refractivity contribution in [1.82, 2.24) is 0 Å². The molecule has 12 heteroatoms. The van der Waals surface area contributed by atoms with Crippen LogP contribution in [0.1, 0.15) is 6.42 Å². The molecule has 1 N–H and O–H groups in total. The summed E-state index contributed by atoms with van der Waals surface area (Å²) in [6.45, 7) is -1.52. The van der Waals surface area contributed by atoms with Gasteiger partial charge in [0.25, 0.3) is 0 Å². The maximum atomic E-state index is 12.7. The first-order valence-electron chi connectivity index (χ1n) is 5.40. The van der Waals surface area contributed by atoms with Gasteiger partial charge in [-0.3, -0.25) is 9.35 Å². The zero-order valence-corrected chi connectivity index (χ0v) is 11.1. The third kappa shape index (κ3) is 4.32. The molecule has 0 aromatic heterocycles. The van der Waals surface area contributed by atoms with Crippen molar-refractivity contribution in [2.75, 3.05) is 19.8 Å². The summed E-state index contributed by atoms with van der Waals surface area (Å²) in [4.78, 5) is 32.8. The van der Waals surface area contributed by atoms with Crippen LogP contribution >= 0.6 is 0 Å². The first kappa shape index (κ1) is 17.2. The monoisotopic (exact) mass is 332 g/mol. The summed E-state index contributed by atoms with van der Waals surface area (Å²) in [5, 5.41) is -5.19. The largest absolute Gasteiger partial charge is 0.465 e. The molecule has 1 rings (SSSR count). The van der Waals surface area contributed by atoms with Crippen molar-refractivity contribution in [3.05, 3.63) is 0 Å². The standard InChI is InChI=1S/C9H10F2O9S/c10-9(11,21(15,16)17)8(14)20-4-6(12)19-3-5-1-2-18-7(5)13/h5H,1-4H2,(H,15,16,17). The molecule has 1 atom stereocenters. The molecule has 1 saturated heterocycles. The quantitative estimate of drug-likeness (QED) is 0.374. The molecule has 0 aromatic carbocycles. The third-order valence-electron chi connectivity index (χ3n) is 2.37. The highest BCUT2D eigenvalue weighted by atomic mass is 32.2. The van der Waals surface area contributed by atoms with Crippen LogP contribution in [0, 0.1) is 5.92 Å². The smallest absolute Gasteiger partial charge is 0.465 e. The molecule has 0 amide bonds. The third-order valence-corrected chi connectivity index (χ3v) is 3.19. The molecule has 0 radical (unpaired) electrons. The predicted octanol–water partition coefficient (Wildman–Crippen LogP) is -0.884. The first-order valence-corrected chi connectivity index (χ1v) is 6.84. The van der Waals surface area contributed by atoms with Crippen LogP contribution < -0.4 is 0 Å². The van der Waals surface area contributed by atoms with Crippen LogP contribution in [-0.4, -0.2) is 56.0 Å². The Morgan fingerprint density at radius 2 is 2.00 bits per heavy atom. The van der Waals surface area contributed by atoms with Gasteiger partial charge in [0.05, 0.1) is 12.5 Å². The van der Waals surface area contributed by atoms with E-state index in [4.69, 9.17) is 4.55 Å². The molecule has 0 spiro atoms. The second kappa shape index (κ2) is 6.30. The van der Waals surface area contributed by atoms with Gasteiger partial charge in [0, 0.05) is 0 Å². The van der Waals surface area contributed by atoms with Crippen LogP contribution in [0.4, 0.5) is 8.78 Å². The summed E-state index contributed by atoms with van der Waals surface area (Å²) in [5.74, 6) is -5.17. The zero-order chi connectivity index (χ0) is 16.3. The number of carbonyl (C=O) groups excluding carboxylic acids is 3. The highest BCUT2D eigenvalue weighted by molar-refractivity contribution is 7.87. The Balaban J connectivity index is 2.39. The van der Waals surface area contributed by atoms with Crippen molar-refractivity contribution in [1.29, 1.82) is 0 Å². The van der Waals surface area contributed by atoms with Crippen LogP contribution in [0.3, 0.4) is 0 Å². The van der Waals surface area contributed by atoms with Crippen molar-refractivity contribution >= 4 is 28.0 Å². The summed E-state index contributed by atoms with van der Waals surface area (Å²) in [7, 11) is -6.00. The summed E-state index contributed by atoms with van der Waals surface area (Å²) in [6, 6.07) is 0. The van der Waals surface area contributed by atoms with E-state index in [1.54, 1.807) is 0 Å². The van der Waals surface area contributed by atoms with Crippen molar-refractivity contribution in [3.63, 3.8) is 0 Å². The van der Waals surface area contributed by atoms with Gasteiger partial charge in [0.1, 0.15) is 6.61 Å². The van der Waals surface area contributed by atoms with E-state index in [0.717, 1.165) is 0 Å². The molecule has 1 heterocycles. The van der Waals surface area contributed by atoms with Crippen LogP contribution in [0.5, 0.6) is 0 Å². The van der Waals surface area contributed by atoms with Crippen molar-refractivity contribution in [2.24, 2.45) is 5.92 Å². The number of cyclic esters (lactones) is 1. The van der Waals surface area contributed by atoms with Gasteiger partial charge >= 0.3 is 33.3 Å². The molecule has 1 aliphatic heterocycles. The number of hydrogen-bond acceptors (Lipinski definition) is 8. The van der Waals surface area contributed by atoms with E-state index in [1.165, 1.54) is 0 Å². The van der Waals surface area contributed by atoms with Gasteiger partial charge in [-0.1, -0.05) is 0 Å². The van der Waals surface area contributed by atoms with E-state index in [1.807, 2.05) is 0 Å². The number of carbonyl (C=O) groups is 3. The molecule has 1 fully saturated rings. The number of hydrogen-bond donors (Lipinski definition) is 1. The van der Waals surface area contributed by atoms with E-state index in [0.29, 0.717) is 6.42 Å². The summed E-state index contributed by atoms with van der Waals surface area (Å²) in [5.41, 5.74) is 0. The number of rotatable bonds is 6. The van der Waals surface area contributed by atoms with E-state index >= 15 is 0 Å². The molecule has 0 bridgehead atoms. The van der Waals surface area contributed by atoms with Crippen molar-refractivity contribution in [3.8, 4) is 0 Å². The second-order valence-corrected chi connectivity index (χ2v) is 5.37. The summed E-state index contributed by atoms with van der Waals surface area (Å²) in [6.07, 6.45) is 0.312. The van der Waals surface area contributed by atoms with E-state index in [9.17, 15) is 31.6 Å². The number of alkyl halides is 2. The topological polar surface area (TPSA) is 133 Å². The van der Waals surface area contributed by atoms with Crippen LogP contribution in [0.25, 0.3) is 0 Å². The van der Waals surface area contributed by atoms with Gasteiger partial charge in [0.2, 0.25) is 0 Å². The number of ether oxygens (including phenoxy) is 3. The zero-order valence-electron chi connectivity index (χ0n) is 10.3.